The first-order valence-electron chi connectivity index (χ1n) is 5.74. The summed E-state index contributed by atoms with van der Waals surface area (Å²) >= 11 is 0. The van der Waals surface area contributed by atoms with Gasteiger partial charge < -0.3 is 10.4 Å². The van der Waals surface area contributed by atoms with Crippen molar-refractivity contribution < 1.29 is 5.11 Å². The highest BCUT2D eigenvalue weighted by molar-refractivity contribution is 4.84. The van der Waals surface area contributed by atoms with Crippen LogP contribution in [0, 0.1) is 5.41 Å². The third-order valence-electron chi connectivity index (χ3n) is 3.03. The number of rotatable bonds is 3. The van der Waals surface area contributed by atoms with Crippen molar-refractivity contribution in [1.82, 2.24) is 5.32 Å². The van der Waals surface area contributed by atoms with Gasteiger partial charge in [0.25, 0.3) is 0 Å². The standard InChI is InChI=1S/C12H25NO/c1-11(2)7-5-6-10(8-11)13-9-12(3,4)14/h10,13-14H,5-9H2,1-4H3/t10-/m0/s1. The van der Waals surface area contributed by atoms with E-state index in [2.05, 4.69) is 19.2 Å². The van der Waals surface area contributed by atoms with E-state index in [1.807, 2.05) is 13.8 Å². The van der Waals surface area contributed by atoms with Crippen molar-refractivity contribution in [2.45, 2.75) is 65.0 Å². The van der Waals surface area contributed by atoms with Crippen molar-refractivity contribution in [3.8, 4) is 0 Å². The van der Waals surface area contributed by atoms with Crippen molar-refractivity contribution in [3.63, 3.8) is 0 Å². The fourth-order valence-corrected chi connectivity index (χ4v) is 2.27. The molecule has 0 aromatic heterocycles. The molecule has 1 fully saturated rings. The van der Waals surface area contributed by atoms with Gasteiger partial charge in [-0.25, -0.2) is 0 Å². The van der Waals surface area contributed by atoms with Crippen molar-refractivity contribution in [3.05, 3.63) is 0 Å². The Kier molecular flexibility index (Phi) is 3.59. The van der Waals surface area contributed by atoms with Crippen LogP contribution in [0.15, 0.2) is 0 Å². The van der Waals surface area contributed by atoms with E-state index in [1.165, 1.54) is 25.7 Å². The quantitative estimate of drug-likeness (QED) is 0.731. The first-order valence-corrected chi connectivity index (χ1v) is 5.74. The fourth-order valence-electron chi connectivity index (χ4n) is 2.27. The number of aliphatic hydroxyl groups is 1. The van der Waals surface area contributed by atoms with E-state index in [9.17, 15) is 5.11 Å². The zero-order valence-corrected chi connectivity index (χ0v) is 10.1. The number of nitrogens with one attached hydrogen (secondary N) is 1. The molecule has 0 aromatic carbocycles. The van der Waals surface area contributed by atoms with Crippen LogP contribution in [0.5, 0.6) is 0 Å². The van der Waals surface area contributed by atoms with Gasteiger partial charge in [0.2, 0.25) is 0 Å². The summed E-state index contributed by atoms with van der Waals surface area (Å²) in [6.07, 6.45) is 5.16. The smallest absolute Gasteiger partial charge is 0.0715 e. The predicted octanol–water partition coefficient (Wildman–Crippen LogP) is 2.32. The molecule has 0 saturated heterocycles. The second-order valence-corrected chi connectivity index (χ2v) is 6.15. The van der Waals surface area contributed by atoms with E-state index in [0.29, 0.717) is 18.0 Å². The maximum absolute atomic E-state index is 9.62. The second kappa shape index (κ2) is 4.19. The van der Waals surface area contributed by atoms with E-state index >= 15 is 0 Å². The van der Waals surface area contributed by atoms with E-state index in [0.717, 1.165) is 0 Å². The van der Waals surface area contributed by atoms with Crippen molar-refractivity contribution in [1.29, 1.82) is 0 Å². The molecule has 1 rings (SSSR count). The van der Waals surface area contributed by atoms with E-state index in [-0.39, 0.29) is 0 Å². The van der Waals surface area contributed by atoms with Gasteiger partial charge >= 0.3 is 0 Å². The van der Waals surface area contributed by atoms with Gasteiger partial charge in [-0.3, -0.25) is 0 Å². The van der Waals surface area contributed by atoms with Gasteiger partial charge in [-0.1, -0.05) is 20.3 Å². The van der Waals surface area contributed by atoms with Crippen LogP contribution in [-0.4, -0.2) is 23.3 Å². The van der Waals surface area contributed by atoms with E-state index < -0.39 is 5.60 Å². The van der Waals surface area contributed by atoms with Crippen LogP contribution >= 0.6 is 0 Å². The van der Waals surface area contributed by atoms with Crippen LogP contribution in [0.1, 0.15) is 53.4 Å². The first kappa shape index (κ1) is 12.0. The molecule has 1 saturated carbocycles. The zero-order valence-electron chi connectivity index (χ0n) is 10.1. The largest absolute Gasteiger partial charge is 0.389 e. The lowest BCUT2D eigenvalue weighted by Gasteiger charge is -2.36. The Hall–Kier alpha value is -0.0800. The normalized spacial score (nSPS) is 27.6. The van der Waals surface area contributed by atoms with Gasteiger partial charge in [0.05, 0.1) is 5.60 Å². The number of hydrogen-bond acceptors (Lipinski definition) is 2. The molecule has 1 aliphatic carbocycles. The highest BCUT2D eigenvalue weighted by Gasteiger charge is 2.28. The third kappa shape index (κ3) is 4.43. The lowest BCUT2D eigenvalue weighted by molar-refractivity contribution is 0.0698. The van der Waals surface area contributed by atoms with Crippen LogP contribution in [-0.2, 0) is 0 Å². The predicted molar refractivity (Wildman–Crippen MR) is 60.3 cm³/mol. The molecular weight excluding hydrogens is 174 g/mol. The fraction of sp³-hybridized carbons (Fsp3) is 1.00. The minimum Gasteiger partial charge on any atom is -0.389 e. The molecule has 0 spiro atoms. The molecule has 2 heteroatoms. The molecule has 84 valence electrons. The molecule has 0 bridgehead atoms. The summed E-state index contributed by atoms with van der Waals surface area (Å²) in [5.74, 6) is 0. The first-order chi connectivity index (χ1) is 6.29. The highest BCUT2D eigenvalue weighted by atomic mass is 16.3. The summed E-state index contributed by atoms with van der Waals surface area (Å²) < 4.78 is 0. The molecule has 1 atom stereocenters. The molecule has 0 unspecified atom stereocenters. The minimum absolute atomic E-state index is 0.482. The Morgan fingerprint density at radius 3 is 2.57 bits per heavy atom. The Bertz CT molecular complexity index is 181. The Balaban J connectivity index is 2.32. The maximum Gasteiger partial charge on any atom is 0.0715 e. The van der Waals surface area contributed by atoms with Crippen molar-refractivity contribution >= 4 is 0 Å². The Morgan fingerprint density at radius 1 is 1.43 bits per heavy atom. The van der Waals surface area contributed by atoms with Crippen LogP contribution in [0.3, 0.4) is 0 Å². The maximum atomic E-state index is 9.62. The molecule has 2 N–H and O–H groups in total. The Morgan fingerprint density at radius 2 is 2.07 bits per heavy atom. The summed E-state index contributed by atoms with van der Waals surface area (Å²) in [6.45, 7) is 9.09. The highest BCUT2D eigenvalue weighted by Crippen LogP contribution is 2.35. The molecule has 0 heterocycles. The van der Waals surface area contributed by atoms with Gasteiger partial charge in [0, 0.05) is 12.6 Å². The molecule has 0 aromatic rings. The van der Waals surface area contributed by atoms with Gasteiger partial charge in [-0.05, 0) is 38.5 Å². The van der Waals surface area contributed by atoms with Crippen molar-refractivity contribution in [2.24, 2.45) is 5.41 Å². The Labute approximate surface area is 88.1 Å². The lowest BCUT2D eigenvalue weighted by Crippen LogP contribution is -2.44. The summed E-state index contributed by atoms with van der Waals surface area (Å²) in [5.41, 5.74) is -0.100. The van der Waals surface area contributed by atoms with Crippen LogP contribution < -0.4 is 5.32 Å². The van der Waals surface area contributed by atoms with Gasteiger partial charge in [-0.15, -0.1) is 0 Å². The monoisotopic (exact) mass is 199 g/mol. The van der Waals surface area contributed by atoms with Gasteiger partial charge in [-0.2, -0.15) is 0 Å². The topological polar surface area (TPSA) is 32.3 Å². The molecule has 0 radical (unpaired) electrons. The molecule has 14 heavy (non-hydrogen) atoms. The summed E-state index contributed by atoms with van der Waals surface area (Å²) in [7, 11) is 0. The molecule has 1 aliphatic rings. The lowest BCUT2D eigenvalue weighted by atomic mass is 9.75. The van der Waals surface area contributed by atoms with Crippen molar-refractivity contribution in [2.75, 3.05) is 6.54 Å². The molecule has 2 nitrogen and oxygen atoms in total. The minimum atomic E-state index is -0.582. The summed E-state index contributed by atoms with van der Waals surface area (Å²) in [6, 6.07) is 0.602. The van der Waals surface area contributed by atoms with Crippen LogP contribution in [0.25, 0.3) is 0 Å². The van der Waals surface area contributed by atoms with Gasteiger partial charge in [0.15, 0.2) is 0 Å². The van der Waals surface area contributed by atoms with Crippen LogP contribution in [0.2, 0.25) is 0 Å². The van der Waals surface area contributed by atoms with E-state index in [1.54, 1.807) is 0 Å². The summed E-state index contributed by atoms with van der Waals surface area (Å²) in [4.78, 5) is 0. The van der Waals surface area contributed by atoms with Gasteiger partial charge in [0.1, 0.15) is 0 Å². The number of hydrogen-bond donors (Lipinski definition) is 2. The van der Waals surface area contributed by atoms with E-state index in [4.69, 9.17) is 0 Å². The van der Waals surface area contributed by atoms with Crippen LogP contribution in [0.4, 0.5) is 0 Å². The second-order valence-electron chi connectivity index (χ2n) is 6.15. The molecular formula is C12H25NO. The molecule has 0 aliphatic heterocycles. The SMILES string of the molecule is CC(C)(O)CN[C@H]1CCCC(C)(C)C1. The average molecular weight is 199 g/mol. The third-order valence-corrected chi connectivity index (χ3v) is 3.03. The molecule has 0 amide bonds. The average Bonchev–Trinajstić information content (AvgIpc) is 1.98. The zero-order chi connectivity index (χ0) is 10.8. The summed E-state index contributed by atoms with van der Waals surface area (Å²) in [5, 5.41) is 13.1.